The molecular formula is C18H18ClN3O2. The largest absolute Gasteiger partial charge is 0.491 e. The summed E-state index contributed by atoms with van der Waals surface area (Å²) in [5, 5.41) is 15.0. The van der Waals surface area contributed by atoms with Gasteiger partial charge in [0.1, 0.15) is 24.8 Å². The van der Waals surface area contributed by atoms with Crippen molar-refractivity contribution in [3.63, 3.8) is 0 Å². The van der Waals surface area contributed by atoms with Crippen LogP contribution in [0.5, 0.6) is 5.75 Å². The van der Waals surface area contributed by atoms with Crippen LogP contribution in [0.4, 0.5) is 0 Å². The second kappa shape index (κ2) is 7.47. The molecule has 3 rings (SSSR count). The van der Waals surface area contributed by atoms with Gasteiger partial charge in [0.2, 0.25) is 0 Å². The van der Waals surface area contributed by atoms with E-state index in [9.17, 15) is 5.11 Å². The molecule has 124 valence electrons. The van der Waals surface area contributed by atoms with Crippen LogP contribution in [-0.2, 0) is 6.54 Å². The lowest BCUT2D eigenvalue weighted by molar-refractivity contribution is 0.0894. The third kappa shape index (κ3) is 3.75. The molecule has 0 aliphatic heterocycles. The van der Waals surface area contributed by atoms with E-state index in [1.807, 2.05) is 49.4 Å². The first-order valence-electron chi connectivity index (χ1n) is 7.64. The first-order chi connectivity index (χ1) is 11.6. The Kier molecular flexibility index (Phi) is 5.13. The fourth-order valence-corrected chi connectivity index (χ4v) is 2.63. The molecule has 0 aliphatic rings. The molecule has 0 radical (unpaired) electrons. The lowest BCUT2D eigenvalue weighted by Crippen LogP contribution is -2.24. The number of hydrogen-bond donors (Lipinski definition) is 1. The highest BCUT2D eigenvalue weighted by molar-refractivity contribution is 6.33. The van der Waals surface area contributed by atoms with Gasteiger partial charge in [0, 0.05) is 5.56 Å². The van der Waals surface area contributed by atoms with Gasteiger partial charge < -0.3 is 9.84 Å². The zero-order valence-corrected chi connectivity index (χ0v) is 14.0. The Hall–Kier alpha value is -2.37. The Morgan fingerprint density at radius 1 is 1.17 bits per heavy atom. The molecule has 1 aromatic heterocycles. The topological polar surface area (TPSA) is 60.2 Å². The van der Waals surface area contributed by atoms with Crippen LogP contribution >= 0.6 is 11.6 Å². The molecule has 0 fully saturated rings. The minimum absolute atomic E-state index is 0.173. The van der Waals surface area contributed by atoms with E-state index in [0.29, 0.717) is 10.8 Å². The number of aromatic nitrogens is 3. The van der Waals surface area contributed by atoms with Gasteiger partial charge in [-0.05, 0) is 30.7 Å². The van der Waals surface area contributed by atoms with E-state index >= 15 is 0 Å². The average Bonchev–Trinajstić information content (AvgIpc) is 3.02. The molecule has 6 heteroatoms. The molecular weight excluding hydrogens is 326 g/mol. The standard InChI is InChI=1S/C18H18ClN3O2/c1-13-6-2-5-9-17(13)24-11-14(23)10-22-18(20-12-21-22)15-7-3-4-8-16(15)19/h2-9,12,14,23H,10-11H2,1H3. The average molecular weight is 344 g/mol. The number of ether oxygens (including phenoxy) is 1. The van der Waals surface area contributed by atoms with Crippen LogP contribution in [0.1, 0.15) is 5.56 Å². The van der Waals surface area contributed by atoms with Gasteiger partial charge in [-0.1, -0.05) is 41.9 Å². The maximum Gasteiger partial charge on any atom is 0.159 e. The van der Waals surface area contributed by atoms with Crippen LogP contribution in [0.3, 0.4) is 0 Å². The molecule has 1 heterocycles. The molecule has 24 heavy (non-hydrogen) atoms. The number of nitrogens with zero attached hydrogens (tertiary/aromatic N) is 3. The highest BCUT2D eigenvalue weighted by Gasteiger charge is 2.14. The van der Waals surface area contributed by atoms with Crippen molar-refractivity contribution < 1.29 is 9.84 Å². The molecule has 0 saturated carbocycles. The van der Waals surface area contributed by atoms with Crippen molar-refractivity contribution in [3.05, 3.63) is 65.4 Å². The lowest BCUT2D eigenvalue weighted by Gasteiger charge is -2.15. The predicted molar refractivity (Wildman–Crippen MR) is 93.1 cm³/mol. The van der Waals surface area contributed by atoms with Gasteiger partial charge in [-0.25, -0.2) is 9.67 Å². The first-order valence-corrected chi connectivity index (χ1v) is 8.02. The zero-order chi connectivity index (χ0) is 16.9. The van der Waals surface area contributed by atoms with Gasteiger partial charge >= 0.3 is 0 Å². The molecule has 0 spiro atoms. The van der Waals surface area contributed by atoms with E-state index in [-0.39, 0.29) is 13.2 Å². The Bertz CT molecular complexity index is 819. The normalized spacial score (nSPS) is 12.1. The molecule has 1 N–H and O–H groups in total. The molecule has 3 aromatic rings. The van der Waals surface area contributed by atoms with Crippen LogP contribution in [0.25, 0.3) is 11.4 Å². The van der Waals surface area contributed by atoms with E-state index < -0.39 is 6.10 Å². The summed E-state index contributed by atoms with van der Waals surface area (Å²) in [6.45, 7) is 2.41. The zero-order valence-electron chi connectivity index (χ0n) is 13.3. The summed E-state index contributed by atoms with van der Waals surface area (Å²) in [5.41, 5.74) is 1.81. The van der Waals surface area contributed by atoms with Gasteiger partial charge in [0.15, 0.2) is 5.82 Å². The molecule has 2 aromatic carbocycles. The Morgan fingerprint density at radius 3 is 2.71 bits per heavy atom. The van der Waals surface area contributed by atoms with Crippen molar-refractivity contribution in [2.24, 2.45) is 0 Å². The van der Waals surface area contributed by atoms with Crippen molar-refractivity contribution >= 4 is 11.6 Å². The maximum absolute atomic E-state index is 10.3. The number of aryl methyl sites for hydroxylation is 1. The number of aliphatic hydroxyl groups excluding tert-OH is 1. The second-order valence-electron chi connectivity index (χ2n) is 5.48. The summed E-state index contributed by atoms with van der Waals surface area (Å²) in [6.07, 6.45) is 0.737. The Balaban J connectivity index is 1.68. The van der Waals surface area contributed by atoms with E-state index in [2.05, 4.69) is 10.1 Å². The first kappa shape index (κ1) is 16.5. The Labute approximate surface area is 145 Å². The summed E-state index contributed by atoms with van der Waals surface area (Å²) < 4.78 is 7.31. The van der Waals surface area contributed by atoms with Crippen LogP contribution in [0.2, 0.25) is 5.02 Å². The van der Waals surface area contributed by atoms with Gasteiger partial charge in [0.25, 0.3) is 0 Å². The minimum Gasteiger partial charge on any atom is -0.491 e. The summed E-state index contributed by atoms with van der Waals surface area (Å²) in [7, 11) is 0. The quantitative estimate of drug-likeness (QED) is 0.745. The Morgan fingerprint density at radius 2 is 1.92 bits per heavy atom. The van der Waals surface area contributed by atoms with E-state index in [4.69, 9.17) is 16.3 Å². The molecule has 1 unspecified atom stereocenters. The number of benzene rings is 2. The summed E-state index contributed by atoms with van der Waals surface area (Å²) in [5.74, 6) is 1.39. The van der Waals surface area contributed by atoms with Gasteiger partial charge in [-0.15, -0.1) is 0 Å². The minimum atomic E-state index is -0.715. The molecule has 5 nitrogen and oxygen atoms in total. The highest BCUT2D eigenvalue weighted by Crippen LogP contribution is 2.25. The number of halogens is 1. The van der Waals surface area contributed by atoms with Gasteiger partial charge in [-0.2, -0.15) is 5.10 Å². The lowest BCUT2D eigenvalue weighted by atomic mass is 10.2. The van der Waals surface area contributed by atoms with Crippen LogP contribution in [-0.4, -0.2) is 32.6 Å². The predicted octanol–water partition coefficient (Wildman–Crippen LogP) is 3.35. The van der Waals surface area contributed by atoms with Crippen molar-refractivity contribution in [2.75, 3.05) is 6.61 Å². The third-order valence-corrected chi connectivity index (χ3v) is 3.97. The third-order valence-electron chi connectivity index (χ3n) is 3.64. The van der Waals surface area contributed by atoms with Gasteiger partial charge in [0.05, 0.1) is 11.6 Å². The fraction of sp³-hybridized carbons (Fsp3) is 0.222. The molecule has 0 amide bonds. The SMILES string of the molecule is Cc1ccccc1OCC(O)Cn1ncnc1-c1ccccc1Cl. The second-order valence-corrected chi connectivity index (χ2v) is 5.88. The molecule has 0 saturated heterocycles. The summed E-state index contributed by atoms with van der Waals surface area (Å²) in [6, 6.07) is 15.1. The maximum atomic E-state index is 10.3. The molecule has 0 bridgehead atoms. The van der Waals surface area contributed by atoms with E-state index in [0.717, 1.165) is 16.9 Å². The van der Waals surface area contributed by atoms with Gasteiger partial charge in [-0.3, -0.25) is 0 Å². The van der Waals surface area contributed by atoms with Crippen molar-refractivity contribution in [1.82, 2.24) is 14.8 Å². The van der Waals surface area contributed by atoms with Crippen molar-refractivity contribution in [2.45, 2.75) is 19.6 Å². The molecule has 0 aliphatic carbocycles. The number of para-hydroxylation sites is 1. The van der Waals surface area contributed by atoms with Crippen LogP contribution in [0, 0.1) is 6.92 Å². The number of hydrogen-bond acceptors (Lipinski definition) is 4. The van der Waals surface area contributed by atoms with Crippen LogP contribution in [0.15, 0.2) is 54.9 Å². The summed E-state index contributed by atoms with van der Waals surface area (Å²) >= 11 is 6.21. The monoisotopic (exact) mass is 343 g/mol. The smallest absolute Gasteiger partial charge is 0.159 e. The molecule has 1 atom stereocenters. The summed E-state index contributed by atoms with van der Waals surface area (Å²) in [4.78, 5) is 4.25. The van der Waals surface area contributed by atoms with E-state index in [1.54, 1.807) is 10.7 Å². The van der Waals surface area contributed by atoms with Crippen molar-refractivity contribution in [3.8, 4) is 17.1 Å². The van der Waals surface area contributed by atoms with E-state index in [1.165, 1.54) is 6.33 Å². The highest BCUT2D eigenvalue weighted by atomic mass is 35.5. The van der Waals surface area contributed by atoms with Crippen LogP contribution < -0.4 is 4.74 Å². The fourth-order valence-electron chi connectivity index (χ4n) is 2.41. The number of aliphatic hydroxyl groups is 1. The number of rotatable bonds is 6. The van der Waals surface area contributed by atoms with Crippen molar-refractivity contribution in [1.29, 1.82) is 0 Å².